The fourth-order valence-corrected chi connectivity index (χ4v) is 2.76. The molecule has 1 aromatic heterocycles. The van der Waals surface area contributed by atoms with E-state index < -0.39 is 5.97 Å². The van der Waals surface area contributed by atoms with Crippen molar-refractivity contribution in [2.75, 3.05) is 31.2 Å². The predicted molar refractivity (Wildman–Crippen MR) is 78.9 cm³/mol. The van der Waals surface area contributed by atoms with Gasteiger partial charge in [0.1, 0.15) is 11.4 Å². The summed E-state index contributed by atoms with van der Waals surface area (Å²) in [6, 6.07) is 1.80. The van der Waals surface area contributed by atoms with Crippen LogP contribution in [0.4, 0.5) is 5.82 Å². The van der Waals surface area contributed by atoms with Gasteiger partial charge in [-0.2, -0.15) is 0 Å². The van der Waals surface area contributed by atoms with E-state index in [9.17, 15) is 9.90 Å². The van der Waals surface area contributed by atoms with Crippen molar-refractivity contribution in [3.8, 4) is 0 Å². The Morgan fingerprint density at radius 2 is 2.10 bits per heavy atom. The van der Waals surface area contributed by atoms with Gasteiger partial charge in [-0.15, -0.1) is 0 Å². The number of pyridine rings is 1. The van der Waals surface area contributed by atoms with Gasteiger partial charge in [-0.25, -0.2) is 9.78 Å². The number of carbonyl (C=O) groups is 1. The van der Waals surface area contributed by atoms with Gasteiger partial charge in [0.05, 0.1) is 19.3 Å². The molecule has 0 aliphatic carbocycles. The highest BCUT2D eigenvalue weighted by Crippen LogP contribution is 2.26. The summed E-state index contributed by atoms with van der Waals surface area (Å²) in [6.07, 6.45) is 1.76. The first-order valence-corrected chi connectivity index (χ1v) is 7.22. The number of piperidine rings is 1. The minimum absolute atomic E-state index is 0.0298. The summed E-state index contributed by atoms with van der Waals surface area (Å²) in [4.78, 5) is 17.9. The number of aliphatic hydroxyl groups excluding tert-OH is 1. The third-order valence-corrected chi connectivity index (χ3v) is 3.73. The SMILES string of the molecule is Cc1cc(C)c(C(=O)O)c(N2CCC(OCCO)CC2)n1. The molecule has 1 aliphatic heterocycles. The number of hydrogen-bond donors (Lipinski definition) is 2. The van der Waals surface area contributed by atoms with Gasteiger partial charge in [-0.05, 0) is 38.3 Å². The van der Waals surface area contributed by atoms with E-state index in [4.69, 9.17) is 9.84 Å². The molecule has 2 heterocycles. The first kappa shape index (κ1) is 15.7. The zero-order valence-corrected chi connectivity index (χ0v) is 12.5. The van der Waals surface area contributed by atoms with Crippen molar-refractivity contribution in [3.63, 3.8) is 0 Å². The Balaban J connectivity index is 2.14. The van der Waals surface area contributed by atoms with Crippen LogP contribution >= 0.6 is 0 Å². The average molecular weight is 294 g/mol. The number of carboxylic acids is 1. The summed E-state index contributed by atoms with van der Waals surface area (Å²) >= 11 is 0. The van der Waals surface area contributed by atoms with E-state index in [0.29, 0.717) is 25.5 Å². The number of ether oxygens (including phenoxy) is 1. The zero-order chi connectivity index (χ0) is 15.4. The number of hydrogen-bond acceptors (Lipinski definition) is 5. The number of aryl methyl sites for hydroxylation is 2. The second-order valence-corrected chi connectivity index (χ2v) is 5.37. The summed E-state index contributed by atoms with van der Waals surface area (Å²) in [7, 11) is 0. The van der Waals surface area contributed by atoms with Gasteiger partial charge in [0.15, 0.2) is 0 Å². The van der Waals surface area contributed by atoms with Crippen LogP contribution in [0.3, 0.4) is 0 Å². The Morgan fingerprint density at radius 3 is 2.67 bits per heavy atom. The van der Waals surface area contributed by atoms with Gasteiger partial charge < -0.3 is 19.8 Å². The van der Waals surface area contributed by atoms with E-state index in [2.05, 4.69) is 4.98 Å². The lowest BCUT2D eigenvalue weighted by Gasteiger charge is -2.33. The monoisotopic (exact) mass is 294 g/mol. The van der Waals surface area contributed by atoms with Crippen molar-refractivity contribution in [2.45, 2.75) is 32.8 Å². The lowest BCUT2D eigenvalue weighted by atomic mass is 10.0. The molecule has 1 aliphatic rings. The van der Waals surface area contributed by atoms with Gasteiger partial charge in [-0.3, -0.25) is 0 Å². The molecule has 0 atom stereocenters. The Morgan fingerprint density at radius 1 is 1.43 bits per heavy atom. The summed E-state index contributed by atoms with van der Waals surface area (Å²) in [6.45, 7) is 5.49. The fraction of sp³-hybridized carbons (Fsp3) is 0.600. The van der Waals surface area contributed by atoms with Gasteiger partial charge in [0, 0.05) is 18.8 Å². The van der Waals surface area contributed by atoms with Crippen LogP contribution < -0.4 is 4.90 Å². The van der Waals surface area contributed by atoms with E-state index in [1.54, 1.807) is 13.0 Å². The number of anilines is 1. The van der Waals surface area contributed by atoms with Crippen molar-refractivity contribution in [3.05, 3.63) is 22.9 Å². The topological polar surface area (TPSA) is 82.9 Å². The van der Waals surface area contributed by atoms with E-state index in [1.165, 1.54) is 0 Å². The van der Waals surface area contributed by atoms with Crippen LogP contribution in [0, 0.1) is 13.8 Å². The molecule has 0 amide bonds. The third-order valence-electron chi connectivity index (χ3n) is 3.73. The number of nitrogens with zero attached hydrogens (tertiary/aromatic N) is 2. The molecular formula is C15H22N2O4. The van der Waals surface area contributed by atoms with Crippen LogP contribution in [-0.2, 0) is 4.74 Å². The smallest absolute Gasteiger partial charge is 0.339 e. The predicted octanol–water partition coefficient (Wildman–Crippen LogP) is 1.37. The highest BCUT2D eigenvalue weighted by atomic mass is 16.5. The second-order valence-electron chi connectivity index (χ2n) is 5.37. The average Bonchev–Trinajstić information content (AvgIpc) is 2.44. The van der Waals surface area contributed by atoms with Crippen LogP contribution in [0.15, 0.2) is 6.07 Å². The Kier molecular flexibility index (Phi) is 5.14. The zero-order valence-electron chi connectivity index (χ0n) is 12.5. The second kappa shape index (κ2) is 6.87. The lowest BCUT2D eigenvalue weighted by molar-refractivity contribution is 0.0158. The molecule has 116 valence electrons. The van der Waals surface area contributed by atoms with Crippen LogP contribution in [-0.4, -0.2) is 53.6 Å². The minimum Gasteiger partial charge on any atom is -0.478 e. The first-order valence-electron chi connectivity index (χ1n) is 7.22. The molecule has 2 rings (SSSR count). The van der Waals surface area contributed by atoms with E-state index >= 15 is 0 Å². The number of aromatic carboxylic acids is 1. The van der Waals surface area contributed by atoms with Crippen molar-refractivity contribution in [1.29, 1.82) is 0 Å². The van der Waals surface area contributed by atoms with Crippen molar-refractivity contribution >= 4 is 11.8 Å². The summed E-state index contributed by atoms with van der Waals surface area (Å²) in [5, 5.41) is 18.2. The molecule has 0 unspecified atom stereocenters. The third kappa shape index (κ3) is 3.71. The highest BCUT2D eigenvalue weighted by Gasteiger charge is 2.25. The summed E-state index contributed by atoms with van der Waals surface area (Å²) in [5.41, 5.74) is 1.85. The molecule has 0 radical (unpaired) electrons. The molecule has 0 saturated carbocycles. The van der Waals surface area contributed by atoms with Crippen LogP contribution in [0.2, 0.25) is 0 Å². The van der Waals surface area contributed by atoms with Gasteiger partial charge in [0.25, 0.3) is 0 Å². The minimum atomic E-state index is -0.936. The van der Waals surface area contributed by atoms with Gasteiger partial charge in [-0.1, -0.05) is 0 Å². The fourth-order valence-electron chi connectivity index (χ4n) is 2.76. The summed E-state index contributed by atoms with van der Waals surface area (Å²) < 4.78 is 5.53. The maximum atomic E-state index is 11.5. The highest BCUT2D eigenvalue weighted by molar-refractivity contribution is 5.95. The molecule has 2 N–H and O–H groups in total. The Hall–Kier alpha value is -1.66. The molecule has 6 heteroatoms. The molecule has 6 nitrogen and oxygen atoms in total. The van der Waals surface area contributed by atoms with Crippen LogP contribution in [0.5, 0.6) is 0 Å². The molecule has 0 aromatic carbocycles. The largest absolute Gasteiger partial charge is 0.478 e. The van der Waals surface area contributed by atoms with Crippen molar-refractivity contribution < 1.29 is 19.7 Å². The number of rotatable bonds is 5. The maximum Gasteiger partial charge on any atom is 0.339 e. The standard InChI is InChI=1S/C15H22N2O4/c1-10-9-11(2)16-14(13(10)15(19)20)17-5-3-12(4-6-17)21-8-7-18/h9,12,18H,3-8H2,1-2H3,(H,19,20). The van der Waals surface area contributed by atoms with Crippen molar-refractivity contribution in [1.82, 2.24) is 4.98 Å². The van der Waals surface area contributed by atoms with Crippen LogP contribution in [0.1, 0.15) is 34.5 Å². The number of aliphatic hydroxyl groups is 1. The number of carboxylic acid groups (broad SMARTS) is 1. The Bertz CT molecular complexity index is 511. The van der Waals surface area contributed by atoms with E-state index in [-0.39, 0.29) is 18.3 Å². The van der Waals surface area contributed by atoms with E-state index in [1.807, 2.05) is 11.8 Å². The normalized spacial score (nSPS) is 16.2. The molecule has 1 aromatic rings. The summed E-state index contributed by atoms with van der Waals surface area (Å²) in [5.74, 6) is -0.380. The van der Waals surface area contributed by atoms with Crippen LogP contribution in [0.25, 0.3) is 0 Å². The van der Waals surface area contributed by atoms with Gasteiger partial charge in [0.2, 0.25) is 0 Å². The maximum absolute atomic E-state index is 11.5. The quantitative estimate of drug-likeness (QED) is 0.853. The van der Waals surface area contributed by atoms with E-state index in [0.717, 1.165) is 24.1 Å². The molecule has 21 heavy (non-hydrogen) atoms. The number of aromatic nitrogens is 1. The molecular weight excluding hydrogens is 272 g/mol. The molecule has 0 bridgehead atoms. The molecule has 1 fully saturated rings. The Labute approximate surface area is 124 Å². The first-order chi connectivity index (χ1) is 10.0. The lowest BCUT2D eigenvalue weighted by Crippen LogP contribution is -2.38. The van der Waals surface area contributed by atoms with Crippen molar-refractivity contribution in [2.24, 2.45) is 0 Å². The van der Waals surface area contributed by atoms with Gasteiger partial charge >= 0.3 is 5.97 Å². The molecule has 1 saturated heterocycles. The molecule has 0 spiro atoms.